The molecular formula is C14H15F3O3S. The Morgan fingerprint density at radius 1 is 1.24 bits per heavy atom. The molecule has 0 saturated heterocycles. The van der Waals surface area contributed by atoms with Crippen molar-refractivity contribution in [2.24, 2.45) is 0 Å². The molecule has 2 aliphatic carbocycles. The molecule has 0 aromatic heterocycles. The molecule has 0 unspecified atom stereocenters. The summed E-state index contributed by atoms with van der Waals surface area (Å²) < 4.78 is 64.8. The van der Waals surface area contributed by atoms with E-state index in [0.29, 0.717) is 11.1 Å². The van der Waals surface area contributed by atoms with Gasteiger partial charge in [-0.3, -0.25) is 0 Å². The fraction of sp³-hybridized carbons (Fsp3) is 0.571. The van der Waals surface area contributed by atoms with Crippen LogP contribution in [0.25, 0.3) is 0 Å². The molecule has 0 amide bonds. The van der Waals surface area contributed by atoms with Crippen LogP contribution in [0.3, 0.4) is 0 Å². The molecule has 1 aromatic carbocycles. The van der Waals surface area contributed by atoms with Crippen LogP contribution in [0.4, 0.5) is 13.2 Å². The first kappa shape index (κ1) is 14.7. The van der Waals surface area contributed by atoms with Crippen molar-refractivity contribution in [3.8, 4) is 5.75 Å². The monoisotopic (exact) mass is 320 g/mol. The predicted molar refractivity (Wildman–Crippen MR) is 70.8 cm³/mol. The number of fused-ring (bicyclic) bond motifs is 1. The molecular weight excluding hydrogens is 305 g/mol. The van der Waals surface area contributed by atoms with E-state index in [9.17, 15) is 21.6 Å². The molecule has 0 spiro atoms. The fourth-order valence-electron chi connectivity index (χ4n) is 2.93. The highest BCUT2D eigenvalue weighted by Crippen LogP contribution is 2.48. The molecule has 116 valence electrons. The molecule has 0 heterocycles. The zero-order chi connectivity index (χ0) is 15.4. The van der Waals surface area contributed by atoms with Crippen molar-refractivity contribution in [2.45, 2.75) is 50.5 Å². The number of hydrogen-bond donors (Lipinski definition) is 0. The summed E-state index contributed by atoms with van der Waals surface area (Å²) in [5, 5.41) is 0. The summed E-state index contributed by atoms with van der Waals surface area (Å²) >= 11 is 0. The first-order valence-corrected chi connectivity index (χ1v) is 8.27. The van der Waals surface area contributed by atoms with Crippen molar-refractivity contribution in [3.63, 3.8) is 0 Å². The third-order valence-electron chi connectivity index (χ3n) is 4.14. The SMILES string of the molecule is Cc1c2c(cc(C3CC3)c1OS(=O)(=O)C(F)(F)F)CCC2. The van der Waals surface area contributed by atoms with Gasteiger partial charge in [0, 0.05) is 0 Å². The maximum atomic E-state index is 12.6. The van der Waals surface area contributed by atoms with Crippen LogP contribution in [0.15, 0.2) is 6.07 Å². The normalized spacial score (nSPS) is 18.7. The van der Waals surface area contributed by atoms with Gasteiger partial charge in [-0.2, -0.15) is 21.6 Å². The van der Waals surface area contributed by atoms with Crippen LogP contribution in [-0.4, -0.2) is 13.9 Å². The molecule has 1 fully saturated rings. The first-order valence-electron chi connectivity index (χ1n) is 6.86. The van der Waals surface area contributed by atoms with Gasteiger partial charge in [0.1, 0.15) is 5.75 Å². The van der Waals surface area contributed by atoms with Gasteiger partial charge < -0.3 is 4.18 Å². The van der Waals surface area contributed by atoms with Crippen LogP contribution in [-0.2, 0) is 23.0 Å². The summed E-state index contributed by atoms with van der Waals surface area (Å²) in [6.45, 7) is 1.65. The maximum Gasteiger partial charge on any atom is 0.534 e. The van der Waals surface area contributed by atoms with E-state index in [2.05, 4.69) is 4.18 Å². The Balaban J connectivity index is 2.09. The molecule has 0 radical (unpaired) electrons. The Morgan fingerprint density at radius 3 is 2.48 bits per heavy atom. The second-order valence-corrected chi connectivity index (χ2v) is 7.21. The zero-order valence-electron chi connectivity index (χ0n) is 11.5. The number of hydrogen-bond acceptors (Lipinski definition) is 3. The average molecular weight is 320 g/mol. The van der Waals surface area contributed by atoms with Crippen molar-refractivity contribution in [3.05, 3.63) is 28.3 Å². The smallest absolute Gasteiger partial charge is 0.375 e. The third-order valence-corrected chi connectivity index (χ3v) is 5.09. The molecule has 0 bridgehead atoms. The first-order chi connectivity index (χ1) is 9.71. The predicted octanol–water partition coefficient (Wildman–Crippen LogP) is 3.59. The van der Waals surface area contributed by atoms with Crippen LogP contribution in [0.5, 0.6) is 5.75 Å². The zero-order valence-corrected chi connectivity index (χ0v) is 12.3. The van der Waals surface area contributed by atoms with Gasteiger partial charge in [-0.05, 0) is 67.2 Å². The largest absolute Gasteiger partial charge is 0.534 e. The number of benzene rings is 1. The van der Waals surface area contributed by atoms with Crippen molar-refractivity contribution in [1.29, 1.82) is 0 Å². The molecule has 0 N–H and O–H groups in total. The summed E-state index contributed by atoms with van der Waals surface area (Å²) in [7, 11) is -5.62. The Bertz CT molecular complexity index is 688. The van der Waals surface area contributed by atoms with Gasteiger partial charge in [-0.15, -0.1) is 0 Å². The summed E-state index contributed by atoms with van der Waals surface area (Å²) in [6.07, 6.45) is 4.31. The standard InChI is InChI=1S/C14H15F3O3S/c1-8-11-4-2-3-10(11)7-12(9-5-6-9)13(8)20-21(18,19)14(15,16)17/h7,9H,2-6H2,1H3. The lowest BCUT2D eigenvalue weighted by atomic mass is 9.97. The molecule has 21 heavy (non-hydrogen) atoms. The molecule has 3 rings (SSSR count). The lowest BCUT2D eigenvalue weighted by molar-refractivity contribution is -0.0500. The summed E-state index contributed by atoms with van der Waals surface area (Å²) in [5.41, 5.74) is -2.20. The lowest BCUT2D eigenvalue weighted by Gasteiger charge is -2.18. The van der Waals surface area contributed by atoms with Gasteiger partial charge in [0.15, 0.2) is 0 Å². The number of halogens is 3. The van der Waals surface area contributed by atoms with Crippen LogP contribution in [0.1, 0.15) is 47.4 Å². The molecule has 3 nitrogen and oxygen atoms in total. The highest BCUT2D eigenvalue weighted by Gasteiger charge is 2.49. The third kappa shape index (κ3) is 2.52. The second kappa shape index (κ2) is 4.63. The number of rotatable bonds is 3. The number of alkyl halides is 3. The lowest BCUT2D eigenvalue weighted by Crippen LogP contribution is -2.28. The van der Waals surface area contributed by atoms with Crippen LogP contribution in [0.2, 0.25) is 0 Å². The van der Waals surface area contributed by atoms with Crippen molar-refractivity contribution < 1.29 is 25.8 Å². The van der Waals surface area contributed by atoms with Gasteiger partial charge in [0.2, 0.25) is 0 Å². The quantitative estimate of drug-likeness (QED) is 0.631. The molecule has 0 atom stereocenters. The number of aryl methyl sites for hydroxylation is 1. The highest BCUT2D eigenvalue weighted by molar-refractivity contribution is 7.88. The minimum absolute atomic E-state index is 0.101. The van der Waals surface area contributed by atoms with Crippen molar-refractivity contribution >= 4 is 10.1 Å². The second-order valence-electron chi connectivity index (χ2n) is 5.67. The minimum atomic E-state index is -5.62. The molecule has 2 aliphatic rings. The summed E-state index contributed by atoms with van der Waals surface area (Å²) in [6, 6.07) is 1.84. The van der Waals surface area contributed by atoms with Gasteiger partial charge >= 0.3 is 15.6 Å². The molecule has 7 heteroatoms. The van der Waals surface area contributed by atoms with E-state index in [-0.39, 0.29) is 11.7 Å². The van der Waals surface area contributed by atoms with E-state index < -0.39 is 15.6 Å². The van der Waals surface area contributed by atoms with Crippen LogP contribution >= 0.6 is 0 Å². The van der Waals surface area contributed by atoms with E-state index >= 15 is 0 Å². The van der Waals surface area contributed by atoms with Crippen molar-refractivity contribution in [1.82, 2.24) is 0 Å². The van der Waals surface area contributed by atoms with Crippen LogP contribution in [0, 0.1) is 6.92 Å². The molecule has 1 saturated carbocycles. The maximum absolute atomic E-state index is 12.6. The molecule has 0 aliphatic heterocycles. The van der Waals surface area contributed by atoms with E-state index in [0.717, 1.165) is 43.2 Å². The topological polar surface area (TPSA) is 43.4 Å². The average Bonchev–Trinajstić information content (AvgIpc) is 3.09. The Morgan fingerprint density at radius 2 is 1.90 bits per heavy atom. The summed E-state index contributed by atoms with van der Waals surface area (Å²) in [4.78, 5) is 0. The Kier molecular flexibility index (Phi) is 3.24. The van der Waals surface area contributed by atoms with Gasteiger partial charge in [-0.1, -0.05) is 6.07 Å². The van der Waals surface area contributed by atoms with Gasteiger partial charge in [0.25, 0.3) is 0 Å². The van der Waals surface area contributed by atoms with Crippen LogP contribution < -0.4 is 4.18 Å². The fourth-order valence-corrected chi connectivity index (χ4v) is 3.46. The Labute approximate surface area is 121 Å². The summed E-state index contributed by atoms with van der Waals surface area (Å²) in [5.74, 6) is 0.0171. The van der Waals surface area contributed by atoms with Gasteiger partial charge in [0.05, 0.1) is 0 Å². The van der Waals surface area contributed by atoms with E-state index in [1.165, 1.54) is 0 Å². The van der Waals surface area contributed by atoms with E-state index in [1.54, 1.807) is 6.92 Å². The van der Waals surface area contributed by atoms with Crippen molar-refractivity contribution in [2.75, 3.05) is 0 Å². The van der Waals surface area contributed by atoms with Gasteiger partial charge in [-0.25, -0.2) is 0 Å². The molecule has 1 aromatic rings. The Hall–Kier alpha value is -1.24. The van der Waals surface area contributed by atoms with E-state index in [1.807, 2.05) is 6.07 Å². The highest BCUT2D eigenvalue weighted by atomic mass is 32.2. The van der Waals surface area contributed by atoms with E-state index in [4.69, 9.17) is 0 Å². The minimum Gasteiger partial charge on any atom is -0.375 e.